The second kappa shape index (κ2) is 12.6. The minimum atomic E-state index is -5.35. The number of allylic oxidation sites excluding steroid dienone is 1. The van der Waals surface area contributed by atoms with Crippen LogP contribution in [-0.2, 0) is 11.0 Å². The minimum absolute atomic E-state index is 0.0256. The van der Waals surface area contributed by atoms with E-state index in [0.29, 0.717) is 12.1 Å². The van der Waals surface area contributed by atoms with Crippen molar-refractivity contribution in [3.63, 3.8) is 0 Å². The second-order valence-electron chi connectivity index (χ2n) is 8.33. The summed E-state index contributed by atoms with van der Waals surface area (Å²) in [5.74, 6) is -5.44. The maximum absolute atomic E-state index is 15.0. The molecule has 0 fully saturated rings. The molecule has 0 radical (unpaired) electrons. The van der Waals surface area contributed by atoms with E-state index < -0.39 is 82.0 Å². The zero-order chi connectivity index (χ0) is 31.5. The Labute approximate surface area is 235 Å². The summed E-state index contributed by atoms with van der Waals surface area (Å²) in [5.41, 5.74) is -4.91. The van der Waals surface area contributed by atoms with Crippen molar-refractivity contribution in [3.8, 4) is 12.3 Å². The van der Waals surface area contributed by atoms with Gasteiger partial charge in [-0.15, -0.1) is 6.42 Å². The number of halogens is 12. The first-order chi connectivity index (χ1) is 18.7. The maximum Gasteiger partial charge on any atom is 0.417 e. The van der Waals surface area contributed by atoms with Gasteiger partial charge in [-0.2, -0.15) is 39.5 Å². The van der Waals surface area contributed by atoms with E-state index in [1.54, 1.807) is 5.32 Å². The molecule has 2 rings (SSSR count). The van der Waals surface area contributed by atoms with Gasteiger partial charge in [0.15, 0.2) is 0 Å². The van der Waals surface area contributed by atoms with Crippen molar-refractivity contribution in [3.05, 3.63) is 74.3 Å². The van der Waals surface area contributed by atoms with Gasteiger partial charge in [0.05, 0.1) is 21.2 Å². The number of nitrogens with one attached hydrogen (secondary N) is 2. The average molecular weight is 637 g/mol. The van der Waals surface area contributed by atoms with Gasteiger partial charge >= 0.3 is 18.5 Å². The molecule has 2 aromatic carbocycles. The van der Waals surface area contributed by atoms with Crippen LogP contribution in [0.15, 0.2) is 36.4 Å². The van der Waals surface area contributed by atoms with Gasteiger partial charge in [-0.3, -0.25) is 9.59 Å². The molecule has 2 atom stereocenters. The number of terminal acetylenes is 1. The van der Waals surface area contributed by atoms with Crippen LogP contribution >= 0.6 is 23.2 Å². The molecule has 0 heterocycles. The molecule has 1 unspecified atom stereocenters. The van der Waals surface area contributed by atoms with Crippen molar-refractivity contribution < 1.29 is 53.5 Å². The molecule has 4 nitrogen and oxygen atoms in total. The highest BCUT2D eigenvalue weighted by molar-refractivity contribution is 6.42. The van der Waals surface area contributed by atoms with Gasteiger partial charge in [0.25, 0.3) is 5.91 Å². The largest absolute Gasteiger partial charge is 0.417 e. The van der Waals surface area contributed by atoms with E-state index >= 15 is 4.39 Å². The van der Waals surface area contributed by atoms with E-state index in [-0.39, 0.29) is 22.7 Å². The van der Waals surface area contributed by atoms with E-state index in [1.807, 2.05) is 5.92 Å². The molecule has 2 aromatic rings. The molecular weight excluding hydrogens is 621 g/mol. The average Bonchev–Trinajstić information content (AvgIpc) is 2.85. The van der Waals surface area contributed by atoms with Crippen LogP contribution in [0.4, 0.5) is 43.9 Å². The van der Waals surface area contributed by atoms with E-state index in [9.17, 15) is 49.1 Å². The summed E-state index contributed by atoms with van der Waals surface area (Å²) < 4.78 is 134. The Morgan fingerprint density at radius 3 is 2.15 bits per heavy atom. The number of hydrogen-bond donors (Lipinski definition) is 2. The molecule has 0 spiro atoms. The van der Waals surface area contributed by atoms with Crippen molar-refractivity contribution in [1.29, 1.82) is 0 Å². The highest BCUT2D eigenvalue weighted by Crippen LogP contribution is 2.42. The molecule has 16 heteroatoms. The van der Waals surface area contributed by atoms with Gasteiger partial charge in [-0.25, -0.2) is 4.39 Å². The lowest BCUT2D eigenvalue weighted by Crippen LogP contribution is -2.47. The molecule has 0 bridgehead atoms. The van der Waals surface area contributed by atoms with Crippen LogP contribution in [-0.4, -0.2) is 36.8 Å². The Bertz CT molecular complexity index is 1390. The summed E-state index contributed by atoms with van der Waals surface area (Å²) >= 11 is 11.6. The zero-order valence-corrected chi connectivity index (χ0v) is 21.8. The fourth-order valence-electron chi connectivity index (χ4n) is 3.32. The molecule has 2 amide bonds. The van der Waals surface area contributed by atoms with Crippen molar-refractivity contribution >= 4 is 40.8 Å². The number of rotatable bonds is 7. The van der Waals surface area contributed by atoms with E-state index in [4.69, 9.17) is 29.6 Å². The van der Waals surface area contributed by atoms with E-state index in [2.05, 4.69) is 0 Å². The topological polar surface area (TPSA) is 58.2 Å². The molecule has 0 saturated carbocycles. The molecule has 0 aliphatic heterocycles. The number of alkyl halides is 9. The number of hydrogen-bond acceptors (Lipinski definition) is 2. The van der Waals surface area contributed by atoms with Crippen molar-refractivity contribution in [1.82, 2.24) is 10.6 Å². The first-order valence-electron chi connectivity index (χ1n) is 10.9. The summed E-state index contributed by atoms with van der Waals surface area (Å²) in [6.07, 6.45) is -10.2. The number of benzene rings is 2. The quantitative estimate of drug-likeness (QED) is 0.245. The Morgan fingerprint density at radius 2 is 1.63 bits per heavy atom. The van der Waals surface area contributed by atoms with Gasteiger partial charge < -0.3 is 10.6 Å². The minimum Gasteiger partial charge on any atom is -0.345 e. The Morgan fingerprint density at radius 1 is 1.02 bits per heavy atom. The van der Waals surface area contributed by atoms with Gasteiger partial charge in [0.2, 0.25) is 5.91 Å². The highest BCUT2D eigenvalue weighted by Gasteiger charge is 2.41. The smallest absolute Gasteiger partial charge is 0.345 e. The molecule has 0 aromatic heterocycles. The molecule has 2 N–H and O–H groups in total. The van der Waals surface area contributed by atoms with Gasteiger partial charge in [-0.05, 0) is 42.8 Å². The normalized spacial score (nSPS) is 14.2. The van der Waals surface area contributed by atoms with E-state index in [1.165, 1.54) is 5.32 Å². The summed E-state index contributed by atoms with van der Waals surface area (Å²) in [6, 6.07) is 0.890. The Hall–Kier alpha value is -3.44. The molecular formula is C25H16Cl2F10N2O2. The van der Waals surface area contributed by atoms with Crippen LogP contribution in [0.5, 0.6) is 0 Å². The number of amides is 2. The van der Waals surface area contributed by atoms with Crippen molar-refractivity contribution in [2.24, 2.45) is 0 Å². The summed E-state index contributed by atoms with van der Waals surface area (Å²) in [4.78, 5) is 24.2. The van der Waals surface area contributed by atoms with Gasteiger partial charge in [-0.1, -0.05) is 35.2 Å². The zero-order valence-electron chi connectivity index (χ0n) is 20.3. The molecule has 0 aliphatic rings. The predicted molar refractivity (Wildman–Crippen MR) is 130 cm³/mol. The van der Waals surface area contributed by atoms with Crippen molar-refractivity contribution in [2.45, 2.75) is 37.4 Å². The van der Waals surface area contributed by atoms with E-state index in [0.717, 1.165) is 19.1 Å². The second-order valence-corrected chi connectivity index (χ2v) is 9.11. The summed E-state index contributed by atoms with van der Waals surface area (Å²) in [6.45, 7) is -0.884. The first kappa shape index (κ1) is 33.8. The van der Waals surface area contributed by atoms with Gasteiger partial charge in [0, 0.05) is 11.1 Å². The van der Waals surface area contributed by atoms with Crippen LogP contribution in [0.3, 0.4) is 0 Å². The summed E-state index contributed by atoms with van der Waals surface area (Å²) in [5, 5.41) is 2.56. The number of carbonyl (C=O) groups is 2. The SMILES string of the molecule is C#Cc1cc(C(/C=C(\F)c2ccc(C(=O)N[C@H](C)C(=O)NCC(F)(F)F)c(C(F)(F)F)c2)C(F)(F)F)cc(Cl)c1Cl. The molecule has 0 saturated heterocycles. The fraction of sp³-hybridized carbons (Fsp3) is 0.280. The van der Waals surface area contributed by atoms with Crippen LogP contribution < -0.4 is 10.6 Å². The molecule has 222 valence electrons. The lowest BCUT2D eigenvalue weighted by molar-refractivity contribution is -0.140. The monoisotopic (exact) mass is 636 g/mol. The molecule has 41 heavy (non-hydrogen) atoms. The fourth-order valence-corrected chi connectivity index (χ4v) is 3.71. The van der Waals surface area contributed by atoms with Crippen LogP contribution in [0, 0.1) is 12.3 Å². The Balaban J connectivity index is 2.48. The lowest BCUT2D eigenvalue weighted by atomic mass is 9.94. The predicted octanol–water partition coefficient (Wildman–Crippen LogP) is 7.45. The third kappa shape index (κ3) is 9.02. The Kier molecular flexibility index (Phi) is 10.4. The third-order valence-electron chi connectivity index (χ3n) is 5.28. The number of carbonyl (C=O) groups excluding carboxylic acids is 2. The van der Waals surface area contributed by atoms with Crippen LogP contribution in [0.1, 0.15) is 45.5 Å². The van der Waals surface area contributed by atoms with Crippen LogP contribution in [0.25, 0.3) is 5.83 Å². The summed E-state index contributed by atoms with van der Waals surface area (Å²) in [7, 11) is 0. The molecule has 0 aliphatic carbocycles. The third-order valence-corrected chi connectivity index (χ3v) is 6.08. The highest BCUT2D eigenvalue weighted by atomic mass is 35.5. The first-order valence-corrected chi connectivity index (χ1v) is 11.7. The standard InChI is InChI=1S/C25H16Cl2F10N2O2/c1-3-12-6-14(8-18(26)20(12)27)16(24(32,33)34)9-19(28)13-4-5-15(17(7-13)25(35,36)37)22(41)39-11(2)21(40)38-10-23(29,30)31/h1,4-9,11,16H,10H2,2H3,(H,38,40)(H,39,41)/b19-9-/t11-,16?/m1/s1. The maximum atomic E-state index is 15.0. The van der Waals surface area contributed by atoms with Crippen LogP contribution in [0.2, 0.25) is 10.0 Å². The lowest BCUT2D eigenvalue weighted by Gasteiger charge is -2.20. The van der Waals surface area contributed by atoms with Gasteiger partial charge in [0.1, 0.15) is 24.3 Å². The van der Waals surface area contributed by atoms with Crippen molar-refractivity contribution in [2.75, 3.05) is 6.54 Å².